The van der Waals surface area contributed by atoms with Gasteiger partial charge in [-0.05, 0) is 25.1 Å². The first-order chi connectivity index (χ1) is 7.81. The van der Waals surface area contributed by atoms with Crippen LogP contribution < -0.4 is 5.43 Å². The Morgan fingerprint density at radius 3 is 2.62 bits per heavy atom. The summed E-state index contributed by atoms with van der Waals surface area (Å²) >= 11 is 0. The van der Waals surface area contributed by atoms with Gasteiger partial charge in [0.15, 0.2) is 0 Å². The molecule has 0 spiro atoms. The molecule has 16 heavy (non-hydrogen) atoms. The Kier molecular flexibility index (Phi) is 3.00. The zero-order valence-corrected chi connectivity index (χ0v) is 8.88. The second-order valence-corrected chi connectivity index (χ2v) is 3.21. The zero-order valence-electron chi connectivity index (χ0n) is 8.88. The van der Waals surface area contributed by atoms with Gasteiger partial charge in [-0.15, -0.1) is 0 Å². The van der Waals surface area contributed by atoms with Crippen LogP contribution in [-0.2, 0) is 4.74 Å². The number of hydrogen-bond acceptors (Lipinski definition) is 3. The molecule has 0 aliphatic carbocycles. The van der Waals surface area contributed by atoms with E-state index in [0.717, 1.165) is 11.3 Å². The highest BCUT2D eigenvalue weighted by molar-refractivity contribution is 5.91. The minimum atomic E-state index is -0.303. The van der Waals surface area contributed by atoms with Gasteiger partial charge >= 0.3 is 5.97 Å². The van der Waals surface area contributed by atoms with Crippen LogP contribution in [0.2, 0.25) is 0 Å². The third kappa shape index (κ3) is 2.11. The van der Waals surface area contributed by atoms with Gasteiger partial charge in [0.25, 0.3) is 0 Å². The predicted molar refractivity (Wildman–Crippen MR) is 61.0 cm³/mol. The van der Waals surface area contributed by atoms with E-state index in [0.29, 0.717) is 12.2 Å². The lowest BCUT2D eigenvalue weighted by molar-refractivity contribution is 0.0526. The van der Waals surface area contributed by atoms with Crippen LogP contribution >= 0.6 is 0 Å². The zero-order chi connectivity index (χ0) is 11.4. The average molecular weight is 215 g/mol. The van der Waals surface area contributed by atoms with Crippen molar-refractivity contribution in [3.05, 3.63) is 41.5 Å². The molecule has 0 fully saturated rings. The molecule has 81 valence electrons. The number of nitrogens with zero attached hydrogens (tertiary/aromatic N) is 2. The monoisotopic (exact) mass is 215 g/mol. The quantitative estimate of drug-likeness (QED) is 0.722. The van der Waals surface area contributed by atoms with E-state index in [1.165, 1.54) is 0 Å². The summed E-state index contributed by atoms with van der Waals surface area (Å²) in [6, 6.07) is 7.11. The largest absolute Gasteiger partial charge is 0.462 e. The standard InChI is InChI=1S/C12H11N2O2/c1-2-16-12(15)10-5-3-9(4-6-10)11-7-8-13-14-11/h3-8H,2H2,1H3. The van der Waals surface area contributed by atoms with Gasteiger partial charge in [0.05, 0.1) is 24.1 Å². The molecule has 1 aromatic carbocycles. The minimum Gasteiger partial charge on any atom is -0.462 e. The topological polar surface area (TPSA) is 52.8 Å². The van der Waals surface area contributed by atoms with Crippen molar-refractivity contribution < 1.29 is 9.53 Å². The summed E-state index contributed by atoms with van der Waals surface area (Å²) < 4.78 is 4.89. The van der Waals surface area contributed by atoms with Gasteiger partial charge < -0.3 is 4.74 Å². The fourth-order valence-corrected chi connectivity index (χ4v) is 1.38. The second kappa shape index (κ2) is 4.61. The summed E-state index contributed by atoms with van der Waals surface area (Å²) in [4.78, 5) is 11.4. The number of esters is 1. The molecule has 0 amide bonds. The van der Waals surface area contributed by atoms with Crippen molar-refractivity contribution in [3.8, 4) is 0 Å². The van der Waals surface area contributed by atoms with Crippen LogP contribution in [-0.4, -0.2) is 18.8 Å². The molecular formula is C12H11N2O2. The average Bonchev–Trinajstić information content (AvgIpc) is 2.83. The summed E-state index contributed by atoms with van der Waals surface area (Å²) in [5, 5.41) is 3.74. The van der Waals surface area contributed by atoms with Gasteiger partial charge in [-0.25, -0.2) is 4.79 Å². The fraction of sp³-hybridized carbons (Fsp3) is 0.167. The van der Waals surface area contributed by atoms with Crippen molar-refractivity contribution in [1.82, 2.24) is 5.43 Å². The maximum atomic E-state index is 11.4. The number of benzene rings is 1. The van der Waals surface area contributed by atoms with Crippen LogP contribution in [0.1, 0.15) is 22.8 Å². The van der Waals surface area contributed by atoms with Crippen LogP contribution in [0.3, 0.4) is 0 Å². The van der Waals surface area contributed by atoms with E-state index < -0.39 is 0 Å². The van der Waals surface area contributed by atoms with Crippen LogP contribution in [0.25, 0.3) is 5.70 Å². The summed E-state index contributed by atoms with van der Waals surface area (Å²) in [5.41, 5.74) is 6.21. The van der Waals surface area contributed by atoms with Crippen molar-refractivity contribution in [2.45, 2.75) is 6.92 Å². The summed E-state index contributed by atoms with van der Waals surface area (Å²) in [6.07, 6.45) is 3.45. The first-order valence-corrected chi connectivity index (χ1v) is 5.03. The fourth-order valence-electron chi connectivity index (χ4n) is 1.38. The maximum Gasteiger partial charge on any atom is 0.338 e. The Hall–Kier alpha value is -2.10. The Morgan fingerprint density at radius 2 is 2.06 bits per heavy atom. The third-order valence-electron chi connectivity index (χ3n) is 2.16. The smallest absolute Gasteiger partial charge is 0.338 e. The molecule has 0 unspecified atom stereocenters. The lowest BCUT2D eigenvalue weighted by Gasteiger charge is -2.03. The summed E-state index contributed by atoms with van der Waals surface area (Å²) in [5.74, 6) is -0.303. The number of carbonyl (C=O) groups is 1. The SMILES string of the molecule is CCOC(=O)c1ccc(C2=CC=N[N]2)cc1. The molecule has 1 aliphatic heterocycles. The van der Waals surface area contributed by atoms with Gasteiger partial charge in [-0.2, -0.15) is 10.5 Å². The van der Waals surface area contributed by atoms with Crippen LogP contribution in [0.5, 0.6) is 0 Å². The lowest BCUT2D eigenvalue weighted by Crippen LogP contribution is -2.04. The molecule has 0 N–H and O–H groups in total. The lowest BCUT2D eigenvalue weighted by atomic mass is 10.1. The van der Waals surface area contributed by atoms with Crippen molar-refractivity contribution in [2.75, 3.05) is 6.61 Å². The van der Waals surface area contributed by atoms with E-state index in [2.05, 4.69) is 10.5 Å². The minimum absolute atomic E-state index is 0.303. The van der Waals surface area contributed by atoms with Crippen molar-refractivity contribution in [1.29, 1.82) is 0 Å². The van der Waals surface area contributed by atoms with Crippen LogP contribution in [0.4, 0.5) is 0 Å². The molecule has 4 heteroatoms. The Morgan fingerprint density at radius 1 is 1.31 bits per heavy atom. The maximum absolute atomic E-state index is 11.4. The van der Waals surface area contributed by atoms with E-state index in [9.17, 15) is 4.79 Å². The second-order valence-electron chi connectivity index (χ2n) is 3.21. The highest BCUT2D eigenvalue weighted by Crippen LogP contribution is 2.16. The highest BCUT2D eigenvalue weighted by Gasteiger charge is 2.08. The highest BCUT2D eigenvalue weighted by atomic mass is 16.5. The summed E-state index contributed by atoms with van der Waals surface area (Å²) in [6.45, 7) is 2.17. The van der Waals surface area contributed by atoms with Crippen molar-refractivity contribution in [2.24, 2.45) is 5.10 Å². The molecule has 1 aromatic rings. The number of ether oxygens (including phenoxy) is 1. The number of hydrogen-bond donors (Lipinski definition) is 0. The molecule has 1 radical (unpaired) electrons. The first kappa shape index (κ1) is 10.4. The molecule has 1 heterocycles. The van der Waals surface area contributed by atoms with E-state index in [1.54, 1.807) is 25.3 Å². The third-order valence-corrected chi connectivity index (χ3v) is 2.16. The molecule has 0 bridgehead atoms. The molecule has 0 atom stereocenters. The van der Waals surface area contributed by atoms with Gasteiger partial charge in [-0.3, -0.25) is 0 Å². The first-order valence-electron chi connectivity index (χ1n) is 5.03. The number of rotatable bonds is 3. The Balaban J connectivity index is 2.13. The van der Waals surface area contributed by atoms with Gasteiger partial charge in [0.1, 0.15) is 0 Å². The van der Waals surface area contributed by atoms with E-state index in [-0.39, 0.29) is 5.97 Å². The van der Waals surface area contributed by atoms with Crippen molar-refractivity contribution in [3.63, 3.8) is 0 Å². The molecule has 4 nitrogen and oxygen atoms in total. The van der Waals surface area contributed by atoms with Crippen molar-refractivity contribution >= 4 is 17.9 Å². The van der Waals surface area contributed by atoms with E-state index >= 15 is 0 Å². The van der Waals surface area contributed by atoms with Crippen LogP contribution in [0, 0.1) is 0 Å². The van der Waals surface area contributed by atoms with Crippen LogP contribution in [0.15, 0.2) is 35.4 Å². The number of allylic oxidation sites excluding steroid dienone is 1. The molecule has 2 rings (SSSR count). The van der Waals surface area contributed by atoms with Gasteiger partial charge in [0, 0.05) is 5.56 Å². The molecule has 1 aliphatic rings. The molecular weight excluding hydrogens is 204 g/mol. The van der Waals surface area contributed by atoms with E-state index in [4.69, 9.17) is 4.74 Å². The molecule has 0 saturated carbocycles. The van der Waals surface area contributed by atoms with Gasteiger partial charge in [-0.1, -0.05) is 12.1 Å². The normalized spacial score (nSPS) is 13.2. The predicted octanol–water partition coefficient (Wildman–Crippen LogP) is 1.81. The van der Waals surface area contributed by atoms with Gasteiger partial charge in [0.2, 0.25) is 0 Å². The molecule has 0 aromatic heterocycles. The Labute approximate surface area is 93.6 Å². The summed E-state index contributed by atoms with van der Waals surface area (Å²) in [7, 11) is 0. The Bertz CT molecular complexity index is 447. The van der Waals surface area contributed by atoms with E-state index in [1.807, 2.05) is 18.2 Å². The molecule has 0 saturated heterocycles. The number of carbonyl (C=O) groups excluding carboxylic acids is 1.